The standard InChI is InChI=1S/C17H13ClN2O2S/c18-12-5-7-13(8-6-12)20-16(21)9-11-10-23(22)15-4-2-1-3-14(15)17(11)19-20/h1-8,11H,9-10H2/t11-,23-/m0/s1. The fourth-order valence-corrected chi connectivity index (χ4v) is 4.58. The molecular weight excluding hydrogens is 332 g/mol. The molecule has 2 heterocycles. The average molecular weight is 345 g/mol. The van der Waals surface area contributed by atoms with Crippen molar-refractivity contribution in [3.05, 3.63) is 59.1 Å². The van der Waals surface area contributed by atoms with Gasteiger partial charge in [-0.1, -0.05) is 29.8 Å². The molecule has 0 saturated carbocycles. The Morgan fingerprint density at radius 3 is 2.65 bits per heavy atom. The van der Waals surface area contributed by atoms with Gasteiger partial charge >= 0.3 is 0 Å². The average Bonchev–Trinajstić information content (AvgIpc) is 2.56. The van der Waals surface area contributed by atoms with E-state index in [1.807, 2.05) is 24.3 Å². The predicted octanol–water partition coefficient (Wildman–Crippen LogP) is 3.22. The third-order valence-electron chi connectivity index (χ3n) is 4.08. The quantitative estimate of drug-likeness (QED) is 0.797. The summed E-state index contributed by atoms with van der Waals surface area (Å²) in [6.45, 7) is 0. The number of hydrazone groups is 1. The first-order valence-electron chi connectivity index (χ1n) is 7.28. The first-order chi connectivity index (χ1) is 11.1. The minimum absolute atomic E-state index is 0.0817. The van der Waals surface area contributed by atoms with Gasteiger partial charge in [-0.05, 0) is 30.3 Å². The molecule has 2 aliphatic rings. The zero-order valence-electron chi connectivity index (χ0n) is 12.1. The molecular formula is C17H13ClN2O2S. The number of nitrogens with zero attached hydrogens (tertiary/aromatic N) is 2. The van der Waals surface area contributed by atoms with E-state index in [1.165, 1.54) is 5.01 Å². The molecule has 23 heavy (non-hydrogen) atoms. The highest BCUT2D eigenvalue weighted by Crippen LogP contribution is 2.33. The minimum atomic E-state index is -1.08. The lowest BCUT2D eigenvalue weighted by Crippen LogP contribution is -2.41. The van der Waals surface area contributed by atoms with Gasteiger partial charge in [-0.25, -0.2) is 5.01 Å². The molecule has 2 aliphatic heterocycles. The molecule has 0 spiro atoms. The van der Waals surface area contributed by atoms with Crippen LogP contribution in [0.2, 0.25) is 5.02 Å². The highest BCUT2D eigenvalue weighted by atomic mass is 35.5. The number of hydrogen-bond acceptors (Lipinski definition) is 3. The molecule has 6 heteroatoms. The number of amides is 1. The molecule has 0 unspecified atom stereocenters. The molecule has 0 aromatic heterocycles. The van der Waals surface area contributed by atoms with Gasteiger partial charge in [0, 0.05) is 33.6 Å². The Kier molecular flexibility index (Phi) is 3.54. The minimum Gasteiger partial charge on any atom is -0.273 e. The summed E-state index contributed by atoms with van der Waals surface area (Å²) in [5, 5.41) is 6.62. The smallest absolute Gasteiger partial charge is 0.248 e. The third-order valence-corrected chi connectivity index (χ3v) is 5.89. The fraction of sp³-hybridized carbons (Fsp3) is 0.176. The van der Waals surface area contributed by atoms with E-state index in [2.05, 4.69) is 5.10 Å². The van der Waals surface area contributed by atoms with Crippen molar-refractivity contribution in [1.29, 1.82) is 0 Å². The number of rotatable bonds is 1. The number of fused-ring (bicyclic) bond motifs is 3. The van der Waals surface area contributed by atoms with E-state index in [0.29, 0.717) is 22.9 Å². The second kappa shape index (κ2) is 5.58. The van der Waals surface area contributed by atoms with Gasteiger partial charge in [0.05, 0.1) is 22.2 Å². The van der Waals surface area contributed by atoms with E-state index in [1.54, 1.807) is 24.3 Å². The van der Waals surface area contributed by atoms with Crippen LogP contribution in [0.3, 0.4) is 0 Å². The second-order valence-corrected chi connectivity index (χ2v) is 7.48. The SMILES string of the molecule is O=C1C[C@H]2C[S@](=O)c3ccccc3C2=NN1c1ccc(Cl)cc1. The highest BCUT2D eigenvalue weighted by molar-refractivity contribution is 7.85. The maximum absolute atomic E-state index is 12.4. The van der Waals surface area contributed by atoms with Gasteiger partial charge in [0.2, 0.25) is 5.91 Å². The summed E-state index contributed by atoms with van der Waals surface area (Å²) in [5.74, 6) is 0.287. The van der Waals surface area contributed by atoms with Crippen molar-refractivity contribution in [2.75, 3.05) is 10.8 Å². The largest absolute Gasteiger partial charge is 0.273 e. The number of hydrogen-bond donors (Lipinski definition) is 0. The van der Waals surface area contributed by atoms with Crippen LogP contribution in [-0.2, 0) is 15.6 Å². The number of anilines is 1. The summed E-state index contributed by atoms with van der Waals surface area (Å²) >= 11 is 5.91. The molecule has 1 amide bonds. The fourth-order valence-electron chi connectivity index (χ4n) is 2.98. The van der Waals surface area contributed by atoms with Crippen LogP contribution in [0.25, 0.3) is 0 Å². The topological polar surface area (TPSA) is 49.7 Å². The number of benzene rings is 2. The lowest BCUT2D eigenvalue weighted by atomic mass is 9.93. The van der Waals surface area contributed by atoms with Gasteiger partial charge in [-0.3, -0.25) is 9.00 Å². The number of carbonyl (C=O) groups excluding carboxylic acids is 1. The lowest BCUT2D eigenvalue weighted by Gasteiger charge is -2.32. The Labute approximate surface area is 141 Å². The summed E-state index contributed by atoms with van der Waals surface area (Å²) in [6.07, 6.45) is 0.321. The summed E-state index contributed by atoms with van der Waals surface area (Å²) in [5.41, 5.74) is 2.41. The molecule has 116 valence electrons. The van der Waals surface area contributed by atoms with E-state index < -0.39 is 10.8 Å². The molecule has 2 aromatic rings. The van der Waals surface area contributed by atoms with Gasteiger partial charge < -0.3 is 0 Å². The van der Waals surface area contributed by atoms with Crippen molar-refractivity contribution in [3.8, 4) is 0 Å². The van der Waals surface area contributed by atoms with Crippen LogP contribution >= 0.6 is 11.6 Å². The Morgan fingerprint density at radius 1 is 1.13 bits per heavy atom. The van der Waals surface area contributed by atoms with Crippen molar-refractivity contribution >= 4 is 39.7 Å². The van der Waals surface area contributed by atoms with E-state index in [0.717, 1.165) is 16.2 Å². The molecule has 0 saturated heterocycles. The van der Waals surface area contributed by atoms with Crippen molar-refractivity contribution in [2.45, 2.75) is 11.3 Å². The van der Waals surface area contributed by atoms with E-state index in [9.17, 15) is 9.00 Å². The van der Waals surface area contributed by atoms with Gasteiger partial charge in [-0.2, -0.15) is 5.10 Å². The molecule has 0 N–H and O–H groups in total. The second-order valence-electron chi connectivity index (χ2n) is 5.58. The molecule has 2 atom stereocenters. The summed E-state index contributed by atoms with van der Waals surface area (Å²) in [6, 6.07) is 14.6. The third kappa shape index (κ3) is 2.50. The predicted molar refractivity (Wildman–Crippen MR) is 91.3 cm³/mol. The summed E-state index contributed by atoms with van der Waals surface area (Å²) < 4.78 is 12.4. The summed E-state index contributed by atoms with van der Waals surface area (Å²) in [4.78, 5) is 13.2. The zero-order chi connectivity index (χ0) is 16.0. The van der Waals surface area contributed by atoms with Crippen LogP contribution in [0.4, 0.5) is 5.69 Å². The number of carbonyl (C=O) groups is 1. The van der Waals surface area contributed by atoms with Gasteiger partial charge in [0.15, 0.2) is 0 Å². The van der Waals surface area contributed by atoms with Gasteiger partial charge in [0.1, 0.15) is 0 Å². The molecule has 0 aliphatic carbocycles. The normalized spacial score (nSPS) is 23.1. The molecule has 0 bridgehead atoms. The maximum atomic E-state index is 12.4. The van der Waals surface area contributed by atoms with Crippen molar-refractivity contribution in [2.24, 2.45) is 11.0 Å². The van der Waals surface area contributed by atoms with E-state index in [-0.39, 0.29) is 11.8 Å². The Hall–Kier alpha value is -1.98. The molecule has 0 fully saturated rings. The van der Waals surface area contributed by atoms with Crippen LogP contribution in [-0.4, -0.2) is 21.6 Å². The van der Waals surface area contributed by atoms with Gasteiger partial charge in [-0.15, -0.1) is 0 Å². The van der Waals surface area contributed by atoms with E-state index in [4.69, 9.17) is 11.6 Å². The Morgan fingerprint density at radius 2 is 1.87 bits per heavy atom. The van der Waals surface area contributed by atoms with Crippen LogP contribution in [0.1, 0.15) is 12.0 Å². The summed E-state index contributed by atoms with van der Waals surface area (Å²) in [7, 11) is -1.08. The molecule has 4 rings (SSSR count). The Bertz CT molecular complexity index is 848. The van der Waals surface area contributed by atoms with Gasteiger partial charge in [0.25, 0.3) is 0 Å². The number of halogens is 1. The first kappa shape index (κ1) is 14.6. The lowest BCUT2D eigenvalue weighted by molar-refractivity contribution is -0.119. The maximum Gasteiger partial charge on any atom is 0.248 e. The van der Waals surface area contributed by atoms with Crippen LogP contribution in [0, 0.1) is 5.92 Å². The van der Waals surface area contributed by atoms with Crippen molar-refractivity contribution < 1.29 is 9.00 Å². The molecule has 0 radical (unpaired) electrons. The van der Waals surface area contributed by atoms with E-state index >= 15 is 0 Å². The Balaban J connectivity index is 1.83. The zero-order valence-corrected chi connectivity index (χ0v) is 13.7. The highest BCUT2D eigenvalue weighted by Gasteiger charge is 2.37. The van der Waals surface area contributed by atoms with Crippen molar-refractivity contribution in [3.63, 3.8) is 0 Å². The monoisotopic (exact) mass is 344 g/mol. The molecule has 2 aromatic carbocycles. The van der Waals surface area contributed by atoms with Crippen LogP contribution in [0.5, 0.6) is 0 Å². The first-order valence-corrected chi connectivity index (χ1v) is 8.98. The van der Waals surface area contributed by atoms with Crippen molar-refractivity contribution in [1.82, 2.24) is 0 Å². The van der Waals surface area contributed by atoms with Crippen LogP contribution < -0.4 is 5.01 Å². The molecule has 4 nitrogen and oxygen atoms in total. The van der Waals surface area contributed by atoms with Crippen LogP contribution in [0.15, 0.2) is 58.5 Å².